The summed E-state index contributed by atoms with van der Waals surface area (Å²) >= 11 is 5.92. The number of carbonyl (C=O) groups is 1. The van der Waals surface area contributed by atoms with Gasteiger partial charge < -0.3 is 4.74 Å². The fraction of sp³-hybridized carbons (Fsp3) is 0.0769. The van der Waals surface area contributed by atoms with Gasteiger partial charge in [0.2, 0.25) is 0 Å². The Kier molecular flexibility index (Phi) is 4.99. The minimum absolute atomic E-state index is 0.135. The molecule has 3 nitrogen and oxygen atoms in total. The van der Waals surface area contributed by atoms with E-state index >= 15 is 0 Å². The number of allylic oxidation sites excluding steroid dienone is 2. The molecule has 0 saturated heterocycles. The van der Waals surface area contributed by atoms with Crippen LogP contribution >= 0.6 is 11.6 Å². The Labute approximate surface area is 105 Å². The van der Waals surface area contributed by atoms with Gasteiger partial charge >= 0.3 is 5.97 Å². The fourth-order valence-electron chi connectivity index (χ4n) is 1.13. The molecule has 0 unspecified atom stereocenters. The van der Waals surface area contributed by atoms with Crippen LogP contribution in [-0.2, 0) is 9.53 Å². The summed E-state index contributed by atoms with van der Waals surface area (Å²) in [6.07, 6.45) is 2.93. The lowest BCUT2D eigenvalue weighted by molar-refractivity contribution is -0.135. The number of hydrogen-bond donors (Lipinski definition) is 0. The van der Waals surface area contributed by atoms with Crippen molar-refractivity contribution in [3.8, 4) is 6.07 Å². The van der Waals surface area contributed by atoms with Gasteiger partial charge in [0.1, 0.15) is 11.6 Å². The Balaban J connectivity index is 2.95. The molecule has 0 saturated carbocycles. The first-order valence-electron chi connectivity index (χ1n) is 4.79. The van der Waals surface area contributed by atoms with Crippen molar-refractivity contribution in [1.82, 2.24) is 0 Å². The second-order valence-electron chi connectivity index (χ2n) is 3.10. The summed E-state index contributed by atoms with van der Waals surface area (Å²) in [5, 5.41) is 9.03. The average molecular weight is 248 g/mol. The number of benzene rings is 1. The molecule has 0 bridgehead atoms. The van der Waals surface area contributed by atoms with Crippen LogP contribution in [0.15, 0.2) is 47.0 Å². The highest BCUT2D eigenvalue weighted by molar-refractivity contribution is 6.33. The van der Waals surface area contributed by atoms with Gasteiger partial charge in [-0.15, -0.1) is 0 Å². The number of hydrogen-bond acceptors (Lipinski definition) is 3. The molecule has 0 aromatic heterocycles. The lowest BCUT2D eigenvalue weighted by atomic mass is 10.2. The molecule has 17 heavy (non-hydrogen) atoms. The molecule has 1 aromatic rings. The normalized spacial score (nSPS) is 11.8. The quantitative estimate of drug-likeness (QED) is 0.357. The van der Waals surface area contributed by atoms with Gasteiger partial charge in [0.05, 0.1) is 7.11 Å². The summed E-state index contributed by atoms with van der Waals surface area (Å²) in [5.74, 6) is -0.702. The zero-order valence-corrected chi connectivity index (χ0v) is 9.94. The third kappa shape index (κ3) is 4.13. The number of nitrogens with zero attached hydrogens (tertiary/aromatic N) is 1. The summed E-state index contributed by atoms with van der Waals surface area (Å²) in [5.41, 5.74) is 0.751. The number of halogens is 1. The van der Waals surface area contributed by atoms with E-state index < -0.39 is 5.97 Å². The Bertz CT molecular complexity index is 498. The second kappa shape index (κ2) is 6.51. The van der Waals surface area contributed by atoms with E-state index in [0.717, 1.165) is 5.56 Å². The maximum absolute atomic E-state index is 11.1. The number of carbonyl (C=O) groups excluding carboxylic acids is 1. The molecule has 0 heterocycles. The van der Waals surface area contributed by atoms with Crippen LogP contribution < -0.4 is 0 Å². The summed E-state index contributed by atoms with van der Waals surface area (Å²) in [4.78, 5) is 11.1. The number of esters is 1. The van der Waals surface area contributed by atoms with Crippen molar-refractivity contribution in [3.63, 3.8) is 0 Å². The van der Waals surface area contributed by atoms with Crippen LogP contribution in [0.5, 0.6) is 0 Å². The molecule has 0 spiro atoms. The van der Waals surface area contributed by atoms with Gasteiger partial charge in [0.15, 0.2) is 0 Å². The highest BCUT2D eigenvalue weighted by atomic mass is 35.5. The molecular formula is C13H10ClNO2. The molecule has 0 fully saturated rings. The van der Waals surface area contributed by atoms with Gasteiger partial charge in [0.25, 0.3) is 0 Å². The van der Waals surface area contributed by atoms with Gasteiger partial charge in [-0.05, 0) is 17.7 Å². The van der Waals surface area contributed by atoms with Crippen molar-refractivity contribution >= 4 is 23.6 Å². The SMILES string of the molecule is COC(=O)/C(C#N)=C/C(Cl)=C/c1ccccc1. The summed E-state index contributed by atoms with van der Waals surface area (Å²) < 4.78 is 4.44. The third-order valence-corrected chi connectivity index (χ3v) is 2.13. The van der Waals surface area contributed by atoms with Crippen molar-refractivity contribution < 1.29 is 9.53 Å². The van der Waals surface area contributed by atoms with Crippen LogP contribution in [0, 0.1) is 11.3 Å². The van der Waals surface area contributed by atoms with Crippen molar-refractivity contribution in [1.29, 1.82) is 5.26 Å². The molecule has 0 atom stereocenters. The number of rotatable bonds is 3. The van der Waals surface area contributed by atoms with E-state index in [-0.39, 0.29) is 10.6 Å². The lowest BCUT2D eigenvalue weighted by Gasteiger charge is -1.96. The molecule has 86 valence electrons. The molecule has 0 amide bonds. The van der Waals surface area contributed by atoms with E-state index in [1.54, 1.807) is 12.1 Å². The standard InChI is InChI=1S/C13H10ClNO2/c1-17-13(16)11(9-15)8-12(14)7-10-5-3-2-4-6-10/h2-8H,1H3/b11-8+,12-7-. The molecule has 0 aliphatic rings. The fourth-order valence-corrected chi connectivity index (χ4v) is 1.37. The Hall–Kier alpha value is -2.05. The number of nitriles is 1. The third-order valence-electron chi connectivity index (χ3n) is 1.91. The van der Waals surface area contributed by atoms with Crippen molar-refractivity contribution in [3.05, 3.63) is 52.6 Å². The zero-order chi connectivity index (χ0) is 12.7. The first kappa shape index (κ1) is 13.0. The molecule has 1 aromatic carbocycles. The molecule has 0 aliphatic heterocycles. The van der Waals surface area contributed by atoms with E-state index in [4.69, 9.17) is 16.9 Å². The van der Waals surface area contributed by atoms with Crippen molar-refractivity contribution in [2.75, 3.05) is 7.11 Å². The number of methoxy groups -OCH3 is 1. The highest BCUT2D eigenvalue weighted by Crippen LogP contribution is 2.13. The molecule has 0 aliphatic carbocycles. The predicted molar refractivity (Wildman–Crippen MR) is 66.0 cm³/mol. The molecule has 1 rings (SSSR count). The predicted octanol–water partition coefficient (Wildman–Crippen LogP) is 2.89. The second-order valence-corrected chi connectivity index (χ2v) is 3.54. The van der Waals surface area contributed by atoms with E-state index in [1.165, 1.54) is 13.2 Å². The minimum Gasteiger partial charge on any atom is -0.465 e. The van der Waals surface area contributed by atoms with E-state index in [2.05, 4.69) is 4.74 Å². The smallest absolute Gasteiger partial charge is 0.348 e. The monoisotopic (exact) mass is 247 g/mol. The van der Waals surface area contributed by atoms with Crippen LogP contribution in [0.4, 0.5) is 0 Å². The maximum Gasteiger partial charge on any atom is 0.348 e. The average Bonchev–Trinajstić information content (AvgIpc) is 2.36. The van der Waals surface area contributed by atoms with Crippen LogP contribution in [0.25, 0.3) is 6.08 Å². The van der Waals surface area contributed by atoms with E-state index in [1.807, 2.05) is 30.3 Å². The molecule has 0 N–H and O–H groups in total. The molecule has 0 radical (unpaired) electrons. The summed E-state index contributed by atoms with van der Waals surface area (Å²) in [6.45, 7) is 0. The molecular weight excluding hydrogens is 238 g/mol. The van der Waals surface area contributed by atoms with Crippen molar-refractivity contribution in [2.24, 2.45) is 0 Å². The zero-order valence-electron chi connectivity index (χ0n) is 9.18. The molecule has 4 heteroatoms. The Morgan fingerprint density at radius 3 is 2.59 bits per heavy atom. The van der Waals surface area contributed by atoms with Crippen LogP contribution in [0.1, 0.15) is 5.56 Å². The van der Waals surface area contributed by atoms with Crippen LogP contribution in [0.2, 0.25) is 0 Å². The van der Waals surface area contributed by atoms with Crippen molar-refractivity contribution in [2.45, 2.75) is 0 Å². The number of ether oxygens (including phenoxy) is 1. The largest absolute Gasteiger partial charge is 0.465 e. The first-order valence-corrected chi connectivity index (χ1v) is 5.17. The Morgan fingerprint density at radius 2 is 2.06 bits per heavy atom. The first-order chi connectivity index (χ1) is 8.17. The maximum atomic E-state index is 11.1. The minimum atomic E-state index is -0.702. The van der Waals surface area contributed by atoms with Gasteiger partial charge in [-0.1, -0.05) is 41.9 Å². The van der Waals surface area contributed by atoms with Crippen LogP contribution in [0.3, 0.4) is 0 Å². The van der Waals surface area contributed by atoms with Gasteiger partial charge in [-0.25, -0.2) is 4.79 Å². The van der Waals surface area contributed by atoms with Gasteiger partial charge in [-0.3, -0.25) is 0 Å². The van der Waals surface area contributed by atoms with E-state index in [9.17, 15) is 4.79 Å². The Morgan fingerprint density at radius 1 is 1.41 bits per heavy atom. The van der Waals surface area contributed by atoms with Gasteiger partial charge in [-0.2, -0.15) is 5.26 Å². The summed E-state index contributed by atoms with van der Waals surface area (Å²) in [6, 6.07) is 11.1. The van der Waals surface area contributed by atoms with Crippen LogP contribution in [-0.4, -0.2) is 13.1 Å². The lowest BCUT2D eigenvalue weighted by Crippen LogP contribution is -2.02. The van der Waals surface area contributed by atoms with Gasteiger partial charge in [0, 0.05) is 5.03 Å². The topological polar surface area (TPSA) is 50.1 Å². The summed E-state index contributed by atoms with van der Waals surface area (Å²) in [7, 11) is 1.21. The van der Waals surface area contributed by atoms with E-state index in [0.29, 0.717) is 0 Å². The highest BCUT2D eigenvalue weighted by Gasteiger charge is 2.08.